The quantitative estimate of drug-likeness (QED) is 0.561. The molecule has 2 rings (SSSR count). The van der Waals surface area contributed by atoms with Gasteiger partial charge >= 0.3 is 0 Å². The fourth-order valence-corrected chi connectivity index (χ4v) is 2.72. The van der Waals surface area contributed by atoms with Gasteiger partial charge in [0.2, 0.25) is 0 Å². The molecule has 0 bridgehead atoms. The molecule has 1 aromatic carbocycles. The smallest absolute Gasteiger partial charge is 0.295 e. The maximum Gasteiger partial charge on any atom is 0.295 e. The largest absolute Gasteiger partial charge is 0.353 e. The molecule has 1 aromatic rings. The zero-order chi connectivity index (χ0) is 19.3. The molecular weight excluding hydrogens is 370 g/mol. The maximum absolute atomic E-state index is 12.3. The number of hydrogen-bond donors (Lipinski definition) is 1. The molecule has 142 valence electrons. The van der Waals surface area contributed by atoms with Gasteiger partial charge in [-0.25, -0.2) is 0 Å². The number of nitrogens with one attached hydrogen (secondary N) is 1. The van der Waals surface area contributed by atoms with Crippen LogP contribution < -0.4 is 5.32 Å². The maximum atomic E-state index is 12.3. The number of rotatable bonds is 7. The van der Waals surface area contributed by atoms with E-state index in [1.807, 2.05) is 0 Å². The van der Waals surface area contributed by atoms with Gasteiger partial charge in [0.15, 0.2) is 6.29 Å². The number of nitro groups is 2. The van der Waals surface area contributed by atoms with E-state index in [1.54, 1.807) is 6.92 Å². The van der Waals surface area contributed by atoms with E-state index in [9.17, 15) is 25.0 Å². The predicted molar refractivity (Wildman–Crippen MR) is 91.2 cm³/mol. The lowest BCUT2D eigenvalue weighted by Gasteiger charge is -2.26. The van der Waals surface area contributed by atoms with Crippen LogP contribution in [0.3, 0.4) is 0 Å². The van der Waals surface area contributed by atoms with E-state index in [2.05, 4.69) is 5.32 Å². The molecule has 0 radical (unpaired) electrons. The van der Waals surface area contributed by atoms with Crippen molar-refractivity contribution >= 4 is 28.9 Å². The van der Waals surface area contributed by atoms with Crippen LogP contribution in [0.5, 0.6) is 0 Å². The molecule has 1 aliphatic heterocycles. The van der Waals surface area contributed by atoms with E-state index in [0.29, 0.717) is 12.7 Å². The minimum absolute atomic E-state index is 0.0888. The first-order valence-corrected chi connectivity index (χ1v) is 8.35. The van der Waals surface area contributed by atoms with Crippen LogP contribution in [0.15, 0.2) is 12.1 Å². The molecule has 26 heavy (non-hydrogen) atoms. The second-order valence-electron chi connectivity index (χ2n) is 5.79. The van der Waals surface area contributed by atoms with Crippen molar-refractivity contribution < 1.29 is 24.1 Å². The molecule has 1 aliphatic rings. The molecule has 1 amide bonds. The van der Waals surface area contributed by atoms with Gasteiger partial charge in [0.1, 0.15) is 5.02 Å². The van der Waals surface area contributed by atoms with Crippen molar-refractivity contribution in [2.45, 2.75) is 38.6 Å². The number of ether oxygens (including phenoxy) is 2. The zero-order valence-corrected chi connectivity index (χ0v) is 14.7. The van der Waals surface area contributed by atoms with Gasteiger partial charge in [-0.3, -0.25) is 25.0 Å². The molecule has 0 aromatic heterocycles. The fourth-order valence-electron chi connectivity index (χ4n) is 2.46. The second kappa shape index (κ2) is 8.88. The van der Waals surface area contributed by atoms with Crippen molar-refractivity contribution in [2.75, 3.05) is 13.2 Å². The van der Waals surface area contributed by atoms with Crippen molar-refractivity contribution in [3.05, 3.63) is 42.9 Å². The summed E-state index contributed by atoms with van der Waals surface area (Å²) < 4.78 is 11.1. The Morgan fingerprint density at radius 3 is 2.69 bits per heavy atom. The molecule has 1 saturated heterocycles. The molecule has 11 heteroatoms. The Bertz CT molecular complexity index is 707. The molecule has 2 atom stereocenters. The van der Waals surface area contributed by atoms with Gasteiger partial charge in [-0.2, -0.15) is 0 Å². The van der Waals surface area contributed by atoms with E-state index < -0.39 is 32.2 Å². The average Bonchev–Trinajstić information content (AvgIpc) is 2.60. The summed E-state index contributed by atoms with van der Waals surface area (Å²) in [5.74, 6) is -0.762. The standard InChI is InChI=1S/C15H18ClN3O7/c1-9(26-13-4-2-3-5-25-13)8-17-15(20)11-6-10(18(21)22)7-12(14(11)16)19(23)24/h6-7,9,13H,2-5,8H2,1H3,(H,17,20). The van der Waals surface area contributed by atoms with E-state index >= 15 is 0 Å². The molecule has 1 heterocycles. The minimum atomic E-state index is -0.877. The van der Waals surface area contributed by atoms with Crippen LogP contribution >= 0.6 is 11.6 Å². The summed E-state index contributed by atoms with van der Waals surface area (Å²) in [6.07, 6.45) is 2.03. The third-order valence-corrected chi connectivity index (χ3v) is 4.16. The summed E-state index contributed by atoms with van der Waals surface area (Å²) in [7, 11) is 0. The Kier molecular flexibility index (Phi) is 6.83. The second-order valence-corrected chi connectivity index (χ2v) is 6.17. The van der Waals surface area contributed by atoms with Gasteiger partial charge in [-0.15, -0.1) is 0 Å². The first-order chi connectivity index (χ1) is 12.3. The van der Waals surface area contributed by atoms with E-state index in [0.717, 1.165) is 25.3 Å². The first kappa shape index (κ1) is 20.0. The highest BCUT2D eigenvalue weighted by molar-refractivity contribution is 6.36. The molecular formula is C15H18ClN3O7. The Morgan fingerprint density at radius 1 is 1.38 bits per heavy atom. The van der Waals surface area contributed by atoms with Crippen LogP contribution in [0.1, 0.15) is 36.5 Å². The summed E-state index contributed by atoms with van der Waals surface area (Å²) in [6.45, 7) is 2.44. The summed E-state index contributed by atoms with van der Waals surface area (Å²) in [5.41, 5.74) is -1.63. The average molecular weight is 388 g/mol. The summed E-state index contributed by atoms with van der Waals surface area (Å²) in [5, 5.41) is 24.0. The Balaban J connectivity index is 2.06. The van der Waals surface area contributed by atoms with Crippen LogP contribution in [0.4, 0.5) is 11.4 Å². The number of nitro benzene ring substituents is 2. The predicted octanol–water partition coefficient (Wildman–Crippen LogP) is 2.82. The molecule has 10 nitrogen and oxygen atoms in total. The van der Waals surface area contributed by atoms with Crippen LogP contribution in [0, 0.1) is 20.2 Å². The number of carbonyl (C=O) groups is 1. The van der Waals surface area contributed by atoms with Gasteiger partial charge in [-0.05, 0) is 26.2 Å². The van der Waals surface area contributed by atoms with E-state index in [4.69, 9.17) is 21.1 Å². The first-order valence-electron chi connectivity index (χ1n) is 7.97. The molecule has 0 aliphatic carbocycles. The van der Waals surface area contributed by atoms with Crippen LogP contribution in [0.2, 0.25) is 5.02 Å². The summed E-state index contributed by atoms with van der Waals surface area (Å²) >= 11 is 5.87. The van der Waals surface area contributed by atoms with E-state index in [1.165, 1.54) is 0 Å². The van der Waals surface area contributed by atoms with Crippen molar-refractivity contribution in [1.82, 2.24) is 5.32 Å². The highest BCUT2D eigenvalue weighted by Crippen LogP contribution is 2.32. The molecule has 0 saturated carbocycles. The fraction of sp³-hybridized carbons (Fsp3) is 0.533. The number of amides is 1. The molecule has 2 unspecified atom stereocenters. The van der Waals surface area contributed by atoms with Gasteiger partial charge < -0.3 is 14.8 Å². The lowest BCUT2D eigenvalue weighted by molar-refractivity contribution is -0.394. The summed E-state index contributed by atoms with van der Waals surface area (Å²) in [6, 6.07) is 1.62. The van der Waals surface area contributed by atoms with Crippen LogP contribution in [-0.4, -0.2) is 41.3 Å². The lowest BCUT2D eigenvalue weighted by Crippen LogP contribution is -2.36. The van der Waals surface area contributed by atoms with Gasteiger partial charge in [0, 0.05) is 19.2 Å². The zero-order valence-electron chi connectivity index (χ0n) is 14.0. The highest BCUT2D eigenvalue weighted by atomic mass is 35.5. The SMILES string of the molecule is CC(CNC(=O)c1cc([N+](=O)[O-])cc([N+](=O)[O-])c1Cl)OC1CCCCO1. The number of carbonyl (C=O) groups excluding carboxylic acids is 1. The molecule has 0 spiro atoms. The topological polar surface area (TPSA) is 134 Å². The number of nitrogens with zero attached hydrogens (tertiary/aromatic N) is 2. The monoisotopic (exact) mass is 387 g/mol. The summed E-state index contributed by atoms with van der Waals surface area (Å²) in [4.78, 5) is 32.5. The highest BCUT2D eigenvalue weighted by Gasteiger charge is 2.26. The normalized spacial score (nSPS) is 18.2. The number of benzene rings is 1. The van der Waals surface area contributed by atoms with Gasteiger partial charge in [-0.1, -0.05) is 11.6 Å². The van der Waals surface area contributed by atoms with Crippen molar-refractivity contribution in [1.29, 1.82) is 0 Å². The number of halogens is 1. The third-order valence-electron chi connectivity index (χ3n) is 3.76. The minimum Gasteiger partial charge on any atom is -0.353 e. The van der Waals surface area contributed by atoms with Gasteiger partial charge in [0.25, 0.3) is 17.3 Å². The van der Waals surface area contributed by atoms with Crippen molar-refractivity contribution in [2.24, 2.45) is 0 Å². The number of non-ortho nitro benzene ring substituents is 1. The van der Waals surface area contributed by atoms with Crippen LogP contribution in [-0.2, 0) is 9.47 Å². The Morgan fingerprint density at radius 2 is 2.12 bits per heavy atom. The lowest BCUT2D eigenvalue weighted by atomic mass is 10.1. The number of hydrogen-bond acceptors (Lipinski definition) is 7. The third kappa shape index (κ3) is 5.10. The van der Waals surface area contributed by atoms with Gasteiger partial charge in [0.05, 0.1) is 27.6 Å². The molecule has 1 N–H and O–H groups in total. The Hall–Kier alpha value is -2.30. The Labute approximate surface area is 153 Å². The van der Waals surface area contributed by atoms with Crippen molar-refractivity contribution in [3.63, 3.8) is 0 Å². The van der Waals surface area contributed by atoms with Crippen molar-refractivity contribution in [3.8, 4) is 0 Å². The molecule has 1 fully saturated rings. The van der Waals surface area contributed by atoms with Crippen LogP contribution in [0.25, 0.3) is 0 Å². The van der Waals surface area contributed by atoms with E-state index in [-0.39, 0.29) is 24.5 Å².